The van der Waals surface area contributed by atoms with Gasteiger partial charge in [-0.2, -0.15) is 0 Å². The Balaban J connectivity index is 1.96. The standard InChI is InChI=1S/C24H32N4O2/c1-4-8-21-27-22(24(2,3)30)20(15-29)28(21)14-18-12-11-17(13-19(18)23(25)26)16-9-6-5-7-10-16/h5-7,9-13,20-21,29-30H,4,8,14-15H2,1-3H3,(H3,25,26). The molecule has 6 heteroatoms. The first-order chi connectivity index (χ1) is 14.3. The summed E-state index contributed by atoms with van der Waals surface area (Å²) in [6, 6.07) is 15.6. The molecule has 3 rings (SSSR count). The monoisotopic (exact) mass is 408 g/mol. The maximum absolute atomic E-state index is 10.6. The van der Waals surface area contributed by atoms with Gasteiger partial charge < -0.3 is 15.9 Å². The maximum atomic E-state index is 10.6. The average molecular weight is 409 g/mol. The molecule has 5 N–H and O–H groups in total. The number of nitrogens with one attached hydrogen (secondary N) is 1. The van der Waals surface area contributed by atoms with Crippen LogP contribution in [0.25, 0.3) is 11.1 Å². The van der Waals surface area contributed by atoms with Gasteiger partial charge in [0.2, 0.25) is 0 Å². The van der Waals surface area contributed by atoms with Crippen LogP contribution in [0.3, 0.4) is 0 Å². The highest BCUT2D eigenvalue weighted by Gasteiger charge is 2.41. The van der Waals surface area contributed by atoms with Crippen molar-refractivity contribution in [2.24, 2.45) is 10.7 Å². The molecular formula is C24H32N4O2. The number of nitrogens with two attached hydrogens (primary N) is 1. The van der Waals surface area contributed by atoms with E-state index >= 15 is 0 Å². The van der Waals surface area contributed by atoms with Crippen LogP contribution in [0.4, 0.5) is 0 Å². The third kappa shape index (κ3) is 4.61. The Hall–Kier alpha value is -2.54. The lowest BCUT2D eigenvalue weighted by Crippen LogP contribution is -2.48. The molecule has 0 aromatic heterocycles. The van der Waals surface area contributed by atoms with Crippen LogP contribution >= 0.6 is 0 Å². The third-order valence-corrected chi connectivity index (χ3v) is 5.59. The van der Waals surface area contributed by atoms with Gasteiger partial charge in [0, 0.05) is 12.1 Å². The van der Waals surface area contributed by atoms with E-state index < -0.39 is 5.60 Å². The van der Waals surface area contributed by atoms with E-state index in [-0.39, 0.29) is 24.7 Å². The molecule has 0 fully saturated rings. The molecule has 1 aliphatic heterocycles. The molecule has 2 aromatic carbocycles. The number of aliphatic imine (C=N–C) groups is 1. The molecule has 0 saturated carbocycles. The van der Waals surface area contributed by atoms with Crippen molar-refractivity contribution in [3.8, 4) is 11.1 Å². The topological polar surface area (TPSA) is 106 Å². The first-order valence-electron chi connectivity index (χ1n) is 10.5. The van der Waals surface area contributed by atoms with Crippen molar-refractivity contribution in [3.63, 3.8) is 0 Å². The summed E-state index contributed by atoms with van der Waals surface area (Å²) in [5.41, 5.74) is 9.10. The third-order valence-electron chi connectivity index (χ3n) is 5.59. The van der Waals surface area contributed by atoms with Crippen molar-refractivity contribution in [3.05, 3.63) is 59.7 Å². The predicted octanol–water partition coefficient (Wildman–Crippen LogP) is 3.15. The predicted molar refractivity (Wildman–Crippen MR) is 122 cm³/mol. The van der Waals surface area contributed by atoms with Crippen LogP contribution in [0.1, 0.15) is 44.7 Å². The van der Waals surface area contributed by atoms with Gasteiger partial charge in [-0.05, 0) is 43.0 Å². The van der Waals surface area contributed by atoms with Gasteiger partial charge in [0.1, 0.15) is 12.0 Å². The summed E-state index contributed by atoms with van der Waals surface area (Å²) >= 11 is 0. The van der Waals surface area contributed by atoms with E-state index in [2.05, 4.69) is 11.8 Å². The quantitative estimate of drug-likeness (QED) is 0.398. The molecule has 2 unspecified atom stereocenters. The Morgan fingerprint density at radius 1 is 1.17 bits per heavy atom. The van der Waals surface area contributed by atoms with Crippen LogP contribution in [-0.4, -0.2) is 51.1 Å². The van der Waals surface area contributed by atoms with Crippen molar-refractivity contribution in [2.75, 3.05) is 6.61 Å². The van der Waals surface area contributed by atoms with E-state index in [1.165, 1.54) is 0 Å². The minimum atomic E-state index is -1.10. The number of hydrogen-bond acceptors (Lipinski definition) is 5. The van der Waals surface area contributed by atoms with Gasteiger partial charge in [-0.3, -0.25) is 15.3 Å². The van der Waals surface area contributed by atoms with Crippen molar-refractivity contribution >= 4 is 11.5 Å². The molecule has 0 saturated heterocycles. The van der Waals surface area contributed by atoms with Crippen molar-refractivity contribution in [1.29, 1.82) is 5.41 Å². The Labute approximate surface area is 178 Å². The minimum absolute atomic E-state index is 0.0122. The summed E-state index contributed by atoms with van der Waals surface area (Å²) in [6.07, 6.45) is 1.64. The molecule has 0 spiro atoms. The fourth-order valence-electron chi connectivity index (χ4n) is 4.12. The highest BCUT2D eigenvalue weighted by Crippen LogP contribution is 2.30. The van der Waals surface area contributed by atoms with Gasteiger partial charge in [0.05, 0.1) is 24.0 Å². The highest BCUT2D eigenvalue weighted by atomic mass is 16.3. The second-order valence-electron chi connectivity index (χ2n) is 8.36. The Morgan fingerprint density at radius 2 is 1.87 bits per heavy atom. The summed E-state index contributed by atoms with van der Waals surface area (Å²) in [5, 5.41) is 28.8. The second-order valence-corrected chi connectivity index (χ2v) is 8.36. The smallest absolute Gasteiger partial charge is 0.123 e. The average Bonchev–Trinajstić information content (AvgIpc) is 3.07. The molecule has 160 valence electrons. The normalized spacial score (nSPS) is 19.7. The van der Waals surface area contributed by atoms with Crippen molar-refractivity contribution in [1.82, 2.24) is 4.90 Å². The van der Waals surface area contributed by atoms with E-state index in [9.17, 15) is 10.2 Å². The molecule has 6 nitrogen and oxygen atoms in total. The fraction of sp³-hybridized carbons (Fsp3) is 0.417. The van der Waals surface area contributed by atoms with Gasteiger partial charge >= 0.3 is 0 Å². The maximum Gasteiger partial charge on any atom is 0.123 e. The Morgan fingerprint density at radius 3 is 2.43 bits per heavy atom. The number of rotatable bonds is 8. The molecule has 0 amide bonds. The number of nitrogen functional groups attached to an aromatic ring is 1. The van der Waals surface area contributed by atoms with E-state index in [1.54, 1.807) is 13.8 Å². The van der Waals surface area contributed by atoms with Crippen molar-refractivity contribution < 1.29 is 10.2 Å². The minimum Gasteiger partial charge on any atom is -0.394 e. The lowest BCUT2D eigenvalue weighted by molar-refractivity contribution is 0.110. The van der Waals surface area contributed by atoms with E-state index in [0.717, 1.165) is 29.5 Å². The molecule has 0 bridgehead atoms. The molecule has 2 atom stereocenters. The highest BCUT2D eigenvalue weighted by molar-refractivity contribution is 5.99. The zero-order valence-corrected chi connectivity index (χ0v) is 18.0. The number of benzene rings is 2. The first-order valence-corrected chi connectivity index (χ1v) is 10.5. The number of nitrogens with zero attached hydrogens (tertiary/aromatic N) is 2. The largest absolute Gasteiger partial charge is 0.394 e. The summed E-state index contributed by atoms with van der Waals surface area (Å²) in [7, 11) is 0. The lowest BCUT2D eigenvalue weighted by Gasteiger charge is -2.31. The SMILES string of the molecule is CCCC1N=C(C(C)(C)O)C(CO)N1Cc1ccc(-c2ccccc2)cc1C(=N)N. The van der Waals surface area contributed by atoms with Gasteiger partial charge in [-0.25, -0.2) is 0 Å². The summed E-state index contributed by atoms with van der Waals surface area (Å²) in [6.45, 7) is 5.87. The molecule has 2 aromatic rings. The Bertz CT molecular complexity index is 919. The molecule has 1 heterocycles. The summed E-state index contributed by atoms with van der Waals surface area (Å²) in [4.78, 5) is 6.88. The molecular weight excluding hydrogens is 376 g/mol. The van der Waals surface area contributed by atoms with Crippen LogP contribution in [0.2, 0.25) is 0 Å². The van der Waals surface area contributed by atoms with Gasteiger partial charge in [-0.15, -0.1) is 0 Å². The molecule has 30 heavy (non-hydrogen) atoms. The van der Waals surface area contributed by atoms with E-state index in [0.29, 0.717) is 17.8 Å². The number of aliphatic hydroxyl groups excluding tert-OH is 1. The van der Waals surface area contributed by atoms with Crippen LogP contribution in [0, 0.1) is 5.41 Å². The van der Waals surface area contributed by atoms with Crippen LogP contribution < -0.4 is 5.73 Å². The van der Waals surface area contributed by atoms with Gasteiger partial charge in [-0.1, -0.05) is 55.8 Å². The Kier molecular flexibility index (Phi) is 6.71. The molecule has 0 radical (unpaired) electrons. The first kappa shape index (κ1) is 22.2. The van der Waals surface area contributed by atoms with Crippen molar-refractivity contribution in [2.45, 2.75) is 58.0 Å². The number of aliphatic hydroxyl groups is 2. The number of hydrogen-bond donors (Lipinski definition) is 4. The van der Waals surface area contributed by atoms with Crippen LogP contribution in [0.15, 0.2) is 53.5 Å². The molecule has 1 aliphatic rings. The number of amidine groups is 1. The summed E-state index contributed by atoms with van der Waals surface area (Å²) < 4.78 is 0. The van der Waals surface area contributed by atoms with E-state index in [4.69, 9.17) is 16.1 Å². The molecule has 0 aliphatic carbocycles. The summed E-state index contributed by atoms with van der Waals surface area (Å²) in [5.74, 6) is 0.0122. The van der Waals surface area contributed by atoms with Crippen LogP contribution in [0.5, 0.6) is 0 Å². The van der Waals surface area contributed by atoms with Gasteiger partial charge in [0.25, 0.3) is 0 Å². The van der Waals surface area contributed by atoms with E-state index in [1.807, 2.05) is 48.5 Å². The zero-order chi connectivity index (χ0) is 21.9. The second kappa shape index (κ2) is 9.08. The van der Waals surface area contributed by atoms with Gasteiger partial charge in [0.15, 0.2) is 0 Å². The fourth-order valence-corrected chi connectivity index (χ4v) is 4.12. The van der Waals surface area contributed by atoms with Crippen LogP contribution in [-0.2, 0) is 6.54 Å². The lowest BCUT2D eigenvalue weighted by atomic mass is 9.95. The zero-order valence-electron chi connectivity index (χ0n) is 18.0.